The Bertz CT molecular complexity index is 534. The minimum absolute atomic E-state index is 0.441. The van der Waals surface area contributed by atoms with Crippen molar-refractivity contribution in [2.75, 3.05) is 0 Å². The second-order valence-corrected chi connectivity index (χ2v) is 26.7. The van der Waals surface area contributed by atoms with E-state index in [0.29, 0.717) is 10.1 Å². The largest absolute Gasteiger partial charge is 0.369 e. The van der Waals surface area contributed by atoms with E-state index in [1.54, 1.807) is 29.7 Å². The van der Waals surface area contributed by atoms with Crippen molar-refractivity contribution in [3.63, 3.8) is 0 Å². The molecule has 36 heavy (non-hydrogen) atoms. The topological polar surface area (TPSA) is 3.24 Å². The van der Waals surface area contributed by atoms with Gasteiger partial charge >= 0.3 is 0 Å². The van der Waals surface area contributed by atoms with E-state index < -0.39 is 26.2 Å². The first-order chi connectivity index (χ1) is 16.9. The van der Waals surface area contributed by atoms with Crippen LogP contribution in [0.25, 0.3) is 0 Å². The van der Waals surface area contributed by atoms with Crippen LogP contribution in [-0.2, 0) is 0 Å². The molecule has 0 aromatic heterocycles. The Morgan fingerprint density at radius 1 is 0.583 bits per heavy atom. The third kappa shape index (κ3) is 9.52. The highest BCUT2D eigenvalue weighted by atomic mass is 28.5. The zero-order chi connectivity index (χ0) is 27.9. The molecule has 0 aliphatic heterocycles. The first-order valence-corrected chi connectivity index (χ1v) is 22.5. The monoisotopic (exact) mass is 553 g/mol. The molecule has 0 amide bonds. The summed E-state index contributed by atoms with van der Waals surface area (Å²) >= 11 is 0. The minimum Gasteiger partial charge on any atom is -0.369 e. The predicted molar refractivity (Wildman–Crippen MR) is 178 cm³/mol. The molecule has 0 heterocycles. The van der Waals surface area contributed by atoms with Crippen molar-refractivity contribution in [2.24, 2.45) is 0 Å². The Kier molecular flexibility index (Phi) is 18.0. The van der Waals surface area contributed by atoms with Gasteiger partial charge in [0, 0.05) is 0 Å². The summed E-state index contributed by atoms with van der Waals surface area (Å²) in [5, 5.41) is 0.987. The average Bonchev–Trinajstić information content (AvgIpc) is 2.80. The van der Waals surface area contributed by atoms with Gasteiger partial charge in [0.15, 0.2) is 0 Å². The average molecular weight is 554 g/mol. The van der Waals surface area contributed by atoms with Gasteiger partial charge in [-0.3, -0.25) is 0 Å². The number of hydrogen-bond acceptors (Lipinski definition) is 1. The lowest BCUT2D eigenvalue weighted by atomic mass is 10.1. The molecule has 0 aromatic rings. The molecule has 0 radical (unpaired) electrons. The summed E-state index contributed by atoms with van der Waals surface area (Å²) in [6, 6.07) is 6.20. The number of rotatable bonds is 22. The maximum absolute atomic E-state index is 3.63. The second-order valence-electron chi connectivity index (χ2n) is 13.6. The van der Waals surface area contributed by atoms with Crippen LogP contribution in [0.2, 0.25) is 34.3 Å². The van der Waals surface area contributed by atoms with Crippen molar-refractivity contribution < 1.29 is 0 Å². The molecule has 0 N–H and O–H groups in total. The summed E-state index contributed by atoms with van der Waals surface area (Å²) in [6.45, 7) is 30.5. The summed E-state index contributed by atoms with van der Waals surface area (Å²) < 4.78 is 3.63. The molecule has 0 saturated heterocycles. The molecular weight excluding hydrogens is 483 g/mol. The van der Waals surface area contributed by atoms with Crippen molar-refractivity contribution in [1.29, 1.82) is 0 Å². The van der Waals surface area contributed by atoms with Crippen LogP contribution < -0.4 is 0 Å². The molecule has 0 aliphatic rings. The van der Waals surface area contributed by atoms with E-state index in [0.717, 1.165) is 0 Å². The molecule has 0 fully saturated rings. The van der Waals surface area contributed by atoms with Gasteiger partial charge in [0.1, 0.15) is 26.2 Å². The van der Waals surface area contributed by atoms with Crippen LogP contribution in [-0.4, -0.2) is 30.0 Å². The summed E-state index contributed by atoms with van der Waals surface area (Å²) in [5.41, 5.74) is 4.37. The maximum atomic E-state index is 3.63. The van der Waals surface area contributed by atoms with Crippen LogP contribution in [0.4, 0.5) is 0 Å². The molecule has 0 bridgehead atoms. The fourth-order valence-corrected chi connectivity index (χ4v) is 33.2. The Morgan fingerprint density at radius 2 is 0.889 bits per heavy atom. The van der Waals surface area contributed by atoms with Crippen molar-refractivity contribution in [1.82, 2.24) is 3.90 Å². The van der Waals surface area contributed by atoms with Gasteiger partial charge in [-0.25, -0.2) is 0 Å². The lowest BCUT2D eigenvalue weighted by Crippen LogP contribution is -2.74. The van der Waals surface area contributed by atoms with E-state index in [1.165, 1.54) is 77.0 Å². The van der Waals surface area contributed by atoms with Gasteiger partial charge in [0.05, 0.1) is 0 Å². The molecule has 0 aromatic carbocycles. The Labute approximate surface area is 235 Å². The van der Waals surface area contributed by atoms with E-state index in [-0.39, 0.29) is 0 Å². The quantitative estimate of drug-likeness (QED) is 0.120. The Hall–Kier alpha value is 0.351. The summed E-state index contributed by atoms with van der Waals surface area (Å²) in [6.07, 6.45) is 16.8. The summed E-state index contributed by atoms with van der Waals surface area (Å²) in [7, 11) is -3.93. The highest BCUT2D eigenvalue weighted by Gasteiger charge is 2.59. The lowest BCUT2D eigenvalue weighted by molar-refractivity contribution is 0.493. The van der Waals surface area contributed by atoms with E-state index in [4.69, 9.17) is 0 Å². The third-order valence-corrected chi connectivity index (χ3v) is 30.7. The van der Waals surface area contributed by atoms with Crippen molar-refractivity contribution in [2.45, 2.75) is 194 Å². The fourth-order valence-electron chi connectivity index (χ4n) is 7.50. The van der Waals surface area contributed by atoms with Gasteiger partial charge in [-0.2, -0.15) is 0 Å². The molecule has 0 aliphatic carbocycles. The standard InChI is InChI=1S/C32H71NSi3/c1-13-19-25-35(26-20-14-2,31(9,10)23-17-5)33(34-29-30(7)8)36(27-21-15-3,28-22-16-4)32(11,12)24-18-6/h29H,13-28,34H2,1-12H3. The van der Waals surface area contributed by atoms with Crippen molar-refractivity contribution in [3.8, 4) is 0 Å². The van der Waals surface area contributed by atoms with E-state index in [1.807, 2.05) is 0 Å². The molecule has 0 spiro atoms. The van der Waals surface area contributed by atoms with Gasteiger partial charge in [-0.1, -0.05) is 145 Å². The van der Waals surface area contributed by atoms with E-state index >= 15 is 0 Å². The smallest absolute Gasteiger partial charge is 0.120 e. The molecule has 1 nitrogen and oxygen atoms in total. The zero-order valence-electron chi connectivity index (χ0n) is 27.5. The maximum Gasteiger partial charge on any atom is 0.120 e. The minimum atomic E-state index is -1.74. The Balaban J connectivity index is 7.61. The number of nitrogens with zero attached hydrogens (tertiary/aromatic N) is 1. The van der Waals surface area contributed by atoms with Crippen LogP contribution in [0, 0.1) is 0 Å². The fraction of sp³-hybridized carbons (Fsp3) is 0.938. The normalized spacial score (nSPS) is 13.8. The van der Waals surface area contributed by atoms with Gasteiger partial charge < -0.3 is 3.90 Å². The van der Waals surface area contributed by atoms with Crippen LogP contribution in [0.5, 0.6) is 0 Å². The van der Waals surface area contributed by atoms with Crippen molar-refractivity contribution in [3.05, 3.63) is 11.3 Å². The first-order valence-electron chi connectivity index (χ1n) is 16.3. The molecule has 0 saturated carbocycles. The van der Waals surface area contributed by atoms with Crippen LogP contribution >= 0.6 is 0 Å². The highest BCUT2D eigenvalue weighted by Crippen LogP contribution is 2.57. The number of hydrogen-bond donors (Lipinski definition) is 0. The van der Waals surface area contributed by atoms with Crippen LogP contribution in [0.3, 0.4) is 0 Å². The molecule has 0 unspecified atom stereocenters. The number of allylic oxidation sites excluding steroid dienone is 1. The Morgan fingerprint density at radius 3 is 1.11 bits per heavy atom. The van der Waals surface area contributed by atoms with Gasteiger partial charge in [-0.15, -0.1) is 0 Å². The van der Waals surface area contributed by atoms with E-state index in [2.05, 4.69) is 92.7 Å². The van der Waals surface area contributed by atoms with Crippen molar-refractivity contribution >= 4 is 26.2 Å². The zero-order valence-corrected chi connectivity index (χ0v) is 31.0. The van der Waals surface area contributed by atoms with Gasteiger partial charge in [-0.05, 0) is 60.9 Å². The van der Waals surface area contributed by atoms with Gasteiger partial charge in [0.25, 0.3) is 0 Å². The SMILES string of the molecule is CCCC[Si](CCCC)(N([SiH2]C=C(C)C)[Si](CCCC)(CCCC)C(C)(C)CCC)C(C)(C)CCC. The van der Waals surface area contributed by atoms with Gasteiger partial charge in [0.2, 0.25) is 0 Å². The van der Waals surface area contributed by atoms with Crippen LogP contribution in [0.15, 0.2) is 11.3 Å². The third-order valence-electron chi connectivity index (χ3n) is 9.76. The number of unbranched alkanes of at least 4 members (excludes halogenated alkanes) is 4. The molecule has 216 valence electrons. The summed E-state index contributed by atoms with van der Waals surface area (Å²) in [4.78, 5) is 0. The first kappa shape index (κ1) is 36.4. The molecule has 4 heteroatoms. The second kappa shape index (κ2) is 17.8. The van der Waals surface area contributed by atoms with E-state index in [9.17, 15) is 0 Å². The summed E-state index contributed by atoms with van der Waals surface area (Å²) in [5.74, 6) is 0. The molecule has 0 atom stereocenters. The molecular formula is C32H71NSi3. The lowest BCUT2D eigenvalue weighted by Gasteiger charge is -2.64. The molecule has 0 rings (SSSR count). The van der Waals surface area contributed by atoms with Crippen LogP contribution in [0.1, 0.15) is 160 Å². The highest BCUT2D eigenvalue weighted by molar-refractivity contribution is 7.01. The predicted octanol–water partition coefficient (Wildman–Crippen LogP) is 11.5.